The molecule has 1 fully saturated rings. The Morgan fingerprint density at radius 2 is 1.48 bits per heavy atom. The highest BCUT2D eigenvalue weighted by Crippen LogP contribution is 2.32. The Hall–Kier alpha value is -1.77. The maximum Gasteiger partial charge on any atom is 0.230 e. The van der Waals surface area contributed by atoms with Crippen molar-refractivity contribution in [3.05, 3.63) is 35.4 Å². The lowest BCUT2D eigenvalue weighted by Gasteiger charge is -2.25. The van der Waals surface area contributed by atoms with E-state index < -0.39 is 17.5 Å². The van der Waals surface area contributed by atoms with Crippen LogP contribution in [0.1, 0.15) is 65.7 Å². The third-order valence-electron chi connectivity index (χ3n) is 4.88. The van der Waals surface area contributed by atoms with Crippen molar-refractivity contribution in [2.24, 2.45) is 11.8 Å². The molecule has 3 nitrogen and oxygen atoms in total. The Morgan fingerprint density at radius 1 is 0.810 bits per heavy atom. The lowest BCUT2D eigenvalue weighted by molar-refractivity contribution is -0.117. The van der Waals surface area contributed by atoms with Gasteiger partial charge in [-0.1, -0.05) is 56.4 Å². The van der Waals surface area contributed by atoms with E-state index in [1.165, 1.54) is 32.1 Å². The van der Waals surface area contributed by atoms with Crippen LogP contribution in [0.2, 0.25) is 0 Å². The molecule has 0 aliphatic heterocycles. The summed E-state index contributed by atoms with van der Waals surface area (Å²) >= 11 is 0. The molecule has 1 unspecified atom stereocenters. The minimum absolute atomic E-state index is 0.161. The van der Waals surface area contributed by atoms with Gasteiger partial charge in [-0.2, -0.15) is 0 Å². The van der Waals surface area contributed by atoms with Crippen LogP contribution >= 0.6 is 0 Å². The van der Waals surface area contributed by atoms with Crippen LogP contribution in [0.4, 0.5) is 0 Å². The van der Waals surface area contributed by atoms with Gasteiger partial charge in [-0.3, -0.25) is 14.4 Å². The fourth-order valence-electron chi connectivity index (χ4n) is 3.63. The number of hydrogen-bond acceptors (Lipinski definition) is 3. The Labute approximate surface area is 124 Å². The summed E-state index contributed by atoms with van der Waals surface area (Å²) in [4.78, 5) is 36.8. The van der Waals surface area contributed by atoms with Gasteiger partial charge >= 0.3 is 0 Å². The molecular formula is C18H20O3. The van der Waals surface area contributed by atoms with Crippen LogP contribution in [-0.4, -0.2) is 17.3 Å². The largest absolute Gasteiger partial charge is 0.293 e. The van der Waals surface area contributed by atoms with Gasteiger partial charge in [-0.25, -0.2) is 0 Å². The quantitative estimate of drug-likeness (QED) is 0.629. The fraction of sp³-hybridized carbons (Fsp3) is 0.500. The molecule has 0 heterocycles. The van der Waals surface area contributed by atoms with Crippen molar-refractivity contribution in [3.63, 3.8) is 0 Å². The molecule has 2 aliphatic rings. The molecule has 2 aliphatic carbocycles. The summed E-state index contributed by atoms with van der Waals surface area (Å²) in [6.45, 7) is 0. The van der Waals surface area contributed by atoms with Gasteiger partial charge in [0.1, 0.15) is 0 Å². The molecule has 3 rings (SSSR count). The highest BCUT2D eigenvalue weighted by atomic mass is 16.2. The molecule has 0 spiro atoms. The van der Waals surface area contributed by atoms with Crippen LogP contribution in [-0.2, 0) is 4.79 Å². The lowest BCUT2D eigenvalue weighted by Crippen LogP contribution is -2.37. The summed E-state index contributed by atoms with van der Waals surface area (Å²) in [6.07, 6.45) is 7.60. The zero-order valence-corrected chi connectivity index (χ0v) is 12.1. The zero-order valence-electron chi connectivity index (χ0n) is 12.1. The molecule has 0 radical (unpaired) electrons. The molecule has 21 heavy (non-hydrogen) atoms. The molecule has 1 atom stereocenters. The summed E-state index contributed by atoms with van der Waals surface area (Å²) in [5.74, 6) is -1.28. The molecule has 0 aromatic heterocycles. The number of benzene rings is 1. The van der Waals surface area contributed by atoms with E-state index in [1.54, 1.807) is 24.3 Å². The van der Waals surface area contributed by atoms with E-state index in [2.05, 4.69) is 0 Å². The van der Waals surface area contributed by atoms with E-state index in [9.17, 15) is 14.4 Å². The first-order valence-corrected chi connectivity index (χ1v) is 7.90. The molecule has 0 bridgehead atoms. The van der Waals surface area contributed by atoms with Gasteiger partial charge in [0.15, 0.2) is 5.78 Å². The molecule has 0 N–H and O–H groups in total. The number of carbonyl (C=O) groups is 3. The van der Waals surface area contributed by atoms with Gasteiger partial charge in [-0.15, -0.1) is 0 Å². The smallest absolute Gasteiger partial charge is 0.230 e. The first-order chi connectivity index (χ1) is 10.2. The Bertz CT molecular complexity index is 582. The maximum atomic E-state index is 12.5. The zero-order chi connectivity index (χ0) is 14.8. The van der Waals surface area contributed by atoms with Crippen molar-refractivity contribution in [2.75, 3.05) is 0 Å². The van der Waals surface area contributed by atoms with Gasteiger partial charge in [0.25, 0.3) is 0 Å². The average molecular weight is 284 g/mol. The first-order valence-electron chi connectivity index (χ1n) is 7.90. The Balaban J connectivity index is 1.75. The van der Waals surface area contributed by atoms with E-state index in [1.807, 2.05) is 0 Å². The summed E-state index contributed by atoms with van der Waals surface area (Å²) in [7, 11) is 0. The van der Waals surface area contributed by atoms with Crippen LogP contribution in [0, 0.1) is 11.8 Å². The fourth-order valence-corrected chi connectivity index (χ4v) is 3.63. The Morgan fingerprint density at radius 3 is 2.19 bits per heavy atom. The van der Waals surface area contributed by atoms with E-state index in [-0.39, 0.29) is 11.3 Å². The van der Waals surface area contributed by atoms with E-state index in [4.69, 9.17) is 0 Å². The highest BCUT2D eigenvalue weighted by Gasteiger charge is 2.39. The van der Waals surface area contributed by atoms with Crippen molar-refractivity contribution in [1.82, 2.24) is 0 Å². The molecule has 3 heteroatoms. The number of carbonyl (C=O) groups excluding carboxylic acids is 3. The Kier molecular flexibility index (Phi) is 4.00. The summed E-state index contributed by atoms with van der Waals surface area (Å²) in [5, 5.41) is 0. The average Bonchev–Trinajstić information content (AvgIpc) is 2.54. The van der Waals surface area contributed by atoms with Crippen molar-refractivity contribution >= 4 is 17.3 Å². The number of rotatable bonds is 3. The monoisotopic (exact) mass is 284 g/mol. The van der Waals surface area contributed by atoms with E-state index in [0.717, 1.165) is 6.42 Å². The molecule has 0 amide bonds. The van der Waals surface area contributed by atoms with Crippen molar-refractivity contribution in [3.8, 4) is 0 Å². The van der Waals surface area contributed by atoms with E-state index in [0.29, 0.717) is 17.9 Å². The number of fused-ring (bicyclic) bond motifs is 1. The van der Waals surface area contributed by atoms with Gasteiger partial charge in [0.2, 0.25) is 11.6 Å². The van der Waals surface area contributed by atoms with Gasteiger partial charge < -0.3 is 0 Å². The predicted octanol–water partition coefficient (Wildman–Crippen LogP) is 3.61. The van der Waals surface area contributed by atoms with Crippen LogP contribution in [0.5, 0.6) is 0 Å². The molecule has 110 valence electrons. The summed E-state index contributed by atoms with van der Waals surface area (Å²) in [6, 6.07) is 6.68. The maximum absolute atomic E-state index is 12.5. The molecule has 0 saturated heterocycles. The van der Waals surface area contributed by atoms with Gasteiger partial charge in [-0.05, 0) is 18.8 Å². The van der Waals surface area contributed by atoms with Crippen molar-refractivity contribution in [1.29, 1.82) is 0 Å². The standard InChI is InChI=1S/C18H20O3/c19-16-13-8-4-5-9-14(13)17(20)18(21)15(16)11-10-12-6-2-1-3-7-12/h4-5,8-9,12,15H,1-3,6-7,10-11H2. The van der Waals surface area contributed by atoms with Crippen LogP contribution in [0.15, 0.2) is 24.3 Å². The third-order valence-corrected chi connectivity index (χ3v) is 4.88. The third kappa shape index (κ3) is 2.69. The second-order valence-electron chi connectivity index (χ2n) is 6.24. The van der Waals surface area contributed by atoms with Crippen molar-refractivity contribution < 1.29 is 14.4 Å². The minimum atomic E-state index is -0.741. The predicted molar refractivity (Wildman–Crippen MR) is 79.4 cm³/mol. The number of hydrogen-bond donors (Lipinski definition) is 0. The van der Waals surface area contributed by atoms with Crippen LogP contribution in [0.3, 0.4) is 0 Å². The minimum Gasteiger partial charge on any atom is -0.293 e. The highest BCUT2D eigenvalue weighted by molar-refractivity contribution is 6.51. The van der Waals surface area contributed by atoms with Crippen LogP contribution < -0.4 is 0 Å². The normalized spacial score (nSPS) is 23.2. The first kappa shape index (κ1) is 14.2. The van der Waals surface area contributed by atoms with Crippen molar-refractivity contribution in [2.45, 2.75) is 44.9 Å². The van der Waals surface area contributed by atoms with Gasteiger partial charge in [0, 0.05) is 11.1 Å². The molecule has 1 saturated carbocycles. The SMILES string of the molecule is O=C1C(=O)C(CCC2CCCCC2)C(=O)c2ccccc21. The summed E-state index contributed by atoms with van der Waals surface area (Å²) in [5.41, 5.74) is 0.706. The van der Waals surface area contributed by atoms with Crippen LogP contribution in [0.25, 0.3) is 0 Å². The van der Waals surface area contributed by atoms with Gasteiger partial charge in [0.05, 0.1) is 5.92 Å². The second kappa shape index (κ2) is 5.92. The molecule has 1 aromatic rings. The molecule has 1 aromatic carbocycles. The lowest BCUT2D eigenvalue weighted by atomic mass is 9.76. The number of Topliss-reactive ketones (excluding diaryl/α,β-unsaturated/α-hetero) is 3. The number of ketones is 3. The molecular weight excluding hydrogens is 264 g/mol. The second-order valence-corrected chi connectivity index (χ2v) is 6.24. The van der Waals surface area contributed by atoms with E-state index >= 15 is 0 Å². The summed E-state index contributed by atoms with van der Waals surface area (Å²) < 4.78 is 0. The topological polar surface area (TPSA) is 51.2 Å².